The van der Waals surface area contributed by atoms with E-state index in [1.807, 2.05) is 94.4 Å². The van der Waals surface area contributed by atoms with Crippen LogP contribution >= 0.6 is 0 Å². The zero-order valence-electron chi connectivity index (χ0n) is 41.7. The number of rotatable bonds is 18. The maximum Gasteiger partial charge on any atom is 0.306 e. The molecule has 0 fully saturated rings. The number of methoxy groups -OCH3 is 4. The molecule has 378 valence electrons. The van der Waals surface area contributed by atoms with Gasteiger partial charge in [0.15, 0.2) is 23.0 Å². The highest BCUT2D eigenvalue weighted by Crippen LogP contribution is 2.52. The summed E-state index contributed by atoms with van der Waals surface area (Å²) in [6, 6.07) is 37.6. The Balaban J connectivity index is 0.000000238. The van der Waals surface area contributed by atoms with Gasteiger partial charge in [0.2, 0.25) is 0 Å². The second-order valence-electron chi connectivity index (χ2n) is 16.7. The van der Waals surface area contributed by atoms with Crippen molar-refractivity contribution in [2.24, 2.45) is 0 Å². The highest BCUT2D eigenvalue weighted by Gasteiger charge is 2.27. The molecule has 0 amide bonds. The quantitative estimate of drug-likeness (QED) is 0.0611. The van der Waals surface area contributed by atoms with Crippen molar-refractivity contribution in [3.8, 4) is 102 Å². The average molecular weight is 1020 g/mol. The third-order valence-corrected chi connectivity index (χ3v) is 12.0. The van der Waals surface area contributed by atoms with Crippen LogP contribution in [-0.4, -0.2) is 74.6 Å². The number of aromatic hydroxyl groups is 2. The van der Waals surface area contributed by atoms with Gasteiger partial charge in [0.25, 0.3) is 0 Å². The van der Waals surface area contributed by atoms with Crippen molar-refractivity contribution in [2.45, 2.75) is 34.3 Å². The van der Waals surface area contributed by atoms with Crippen LogP contribution in [0.4, 0.5) is 0 Å². The Hall–Kier alpha value is -7.82. The van der Waals surface area contributed by atoms with Crippen molar-refractivity contribution in [3.05, 3.63) is 156 Å². The third-order valence-electron chi connectivity index (χ3n) is 11.0. The normalized spacial score (nSPS) is 11.1. The lowest BCUT2D eigenvalue weighted by Gasteiger charge is -2.21. The van der Waals surface area contributed by atoms with Crippen molar-refractivity contribution >= 4 is 20.2 Å². The maximum atomic E-state index is 12.4. The molecule has 0 spiro atoms. The van der Waals surface area contributed by atoms with Crippen LogP contribution < -0.4 is 36.8 Å². The first-order chi connectivity index (χ1) is 34.2. The summed E-state index contributed by atoms with van der Waals surface area (Å²) in [4.78, 5) is 0. The van der Waals surface area contributed by atoms with Crippen LogP contribution in [0.5, 0.6) is 57.5 Å². The van der Waals surface area contributed by atoms with E-state index in [2.05, 4.69) is 0 Å². The molecular formula is C56H58O14S2. The van der Waals surface area contributed by atoms with Gasteiger partial charge in [-0.05, 0) is 133 Å². The lowest BCUT2D eigenvalue weighted by Crippen LogP contribution is -2.09. The summed E-state index contributed by atoms with van der Waals surface area (Å²) < 4.78 is 92.5. The zero-order valence-corrected chi connectivity index (χ0v) is 43.4. The second-order valence-corrected chi connectivity index (χ2v) is 19.9. The summed E-state index contributed by atoms with van der Waals surface area (Å²) in [5.74, 6) is 2.99. The lowest BCUT2D eigenvalue weighted by atomic mass is 9.95. The van der Waals surface area contributed by atoms with Crippen LogP contribution in [0.2, 0.25) is 0 Å². The van der Waals surface area contributed by atoms with Gasteiger partial charge in [-0.2, -0.15) is 16.8 Å². The van der Waals surface area contributed by atoms with E-state index in [1.165, 1.54) is 33.5 Å². The minimum absolute atomic E-state index is 0.0164. The van der Waals surface area contributed by atoms with Gasteiger partial charge >= 0.3 is 20.2 Å². The Kier molecular flexibility index (Phi) is 17.4. The van der Waals surface area contributed by atoms with Crippen molar-refractivity contribution in [1.29, 1.82) is 0 Å². The molecule has 0 heterocycles. The molecule has 7 rings (SSSR count). The van der Waals surface area contributed by atoms with Gasteiger partial charge in [-0.1, -0.05) is 72.3 Å². The first-order valence-corrected chi connectivity index (χ1v) is 26.0. The Bertz CT molecular complexity index is 3270. The Morgan fingerprint density at radius 1 is 0.514 bits per heavy atom. The maximum absolute atomic E-state index is 12.4. The van der Waals surface area contributed by atoms with E-state index in [9.17, 15) is 27.0 Å². The number of aryl methyl sites for hydroxylation is 2. The predicted octanol–water partition coefficient (Wildman–Crippen LogP) is 11.7. The van der Waals surface area contributed by atoms with Crippen LogP contribution in [0.1, 0.15) is 30.5 Å². The van der Waals surface area contributed by atoms with Crippen LogP contribution in [-0.2, 0) is 26.8 Å². The number of phenols is 2. The van der Waals surface area contributed by atoms with Crippen LogP contribution in [0.3, 0.4) is 0 Å². The Morgan fingerprint density at radius 3 is 1.50 bits per heavy atom. The molecular weight excluding hydrogens is 961 g/mol. The number of hydrogen-bond donors (Lipinski definition) is 2. The lowest BCUT2D eigenvalue weighted by molar-refractivity contribution is 0.304. The Labute approximate surface area is 421 Å². The monoisotopic (exact) mass is 1020 g/mol. The van der Waals surface area contributed by atoms with Gasteiger partial charge in [0.1, 0.15) is 47.7 Å². The SMILES string of the molecule is COc1cc(-c2ccc(O)cc2)c(OC)c(O)c1-c1ccc(OCc2ccccc2)c(C)c1.COc1cc(-c2ccc(OS(C)(=O)=O)cc2)c(OC)c(OS(C)(=O)=O)c1-c1ccc(OCC=C(C)C)c(C)c1. The van der Waals surface area contributed by atoms with Gasteiger partial charge in [0, 0.05) is 11.1 Å². The van der Waals surface area contributed by atoms with E-state index in [0.717, 1.165) is 51.7 Å². The number of phenolic OH excluding ortho intramolecular Hbond substituents is 2. The molecule has 14 nitrogen and oxygen atoms in total. The zero-order chi connectivity index (χ0) is 52.3. The van der Waals surface area contributed by atoms with E-state index in [4.69, 9.17) is 36.8 Å². The second kappa shape index (κ2) is 23.4. The molecule has 0 atom stereocenters. The summed E-state index contributed by atoms with van der Waals surface area (Å²) in [6.45, 7) is 8.73. The van der Waals surface area contributed by atoms with Crippen LogP contribution in [0.15, 0.2) is 139 Å². The largest absolute Gasteiger partial charge is 0.508 e. The van der Waals surface area contributed by atoms with Crippen molar-refractivity contribution in [3.63, 3.8) is 0 Å². The molecule has 0 aliphatic heterocycles. The van der Waals surface area contributed by atoms with Gasteiger partial charge in [0.05, 0.1) is 52.1 Å². The fraction of sp³-hybridized carbons (Fsp3) is 0.214. The topological polar surface area (TPSA) is 183 Å². The first-order valence-electron chi connectivity index (χ1n) is 22.3. The van der Waals surface area contributed by atoms with E-state index in [-0.39, 0.29) is 28.7 Å². The summed E-state index contributed by atoms with van der Waals surface area (Å²) in [6.07, 6.45) is 3.86. The molecule has 0 aliphatic rings. The van der Waals surface area contributed by atoms with Crippen molar-refractivity contribution < 1.29 is 63.8 Å². The van der Waals surface area contributed by atoms with Gasteiger partial charge in [-0.3, -0.25) is 0 Å². The van der Waals surface area contributed by atoms with E-state index < -0.39 is 20.2 Å². The summed E-state index contributed by atoms with van der Waals surface area (Å²) in [5.41, 5.74) is 8.80. The van der Waals surface area contributed by atoms with Gasteiger partial charge in [-0.15, -0.1) is 0 Å². The fourth-order valence-corrected chi connectivity index (χ4v) is 8.58. The first kappa shape index (κ1) is 53.5. The minimum atomic E-state index is -3.98. The number of benzene rings is 7. The molecule has 16 heteroatoms. The van der Waals surface area contributed by atoms with E-state index >= 15 is 0 Å². The van der Waals surface area contributed by atoms with Gasteiger partial charge < -0.3 is 47.0 Å². The van der Waals surface area contributed by atoms with Crippen molar-refractivity contribution in [1.82, 2.24) is 0 Å². The molecule has 0 aromatic heterocycles. The smallest absolute Gasteiger partial charge is 0.306 e. The standard InChI is InChI=1S/C28H32O9S2.C28H26O5/c1-18(2)14-15-35-24-13-10-21(16-19(24)3)26-25(33-4)17-23(27(34-5)28(26)37-39(7,31)32)20-8-11-22(12-9-20)36-38(6,29)30;1-18-15-21(11-14-24(18)33-17-19-7-5-4-6-8-19)26-25(31-2)16-23(28(32-3)27(26)30)20-9-12-22(29)13-10-20/h8-14,16-17H,15H2,1-7H3;4-16,29-30H,17H2,1-3H3. The van der Waals surface area contributed by atoms with Crippen molar-refractivity contribution in [2.75, 3.05) is 47.6 Å². The molecule has 2 N–H and O–H groups in total. The number of ether oxygens (including phenoxy) is 6. The molecule has 0 aliphatic carbocycles. The molecule has 0 unspecified atom stereocenters. The fourth-order valence-electron chi connectivity index (χ4n) is 7.66. The molecule has 0 radical (unpaired) electrons. The van der Waals surface area contributed by atoms with Crippen LogP contribution in [0.25, 0.3) is 44.5 Å². The molecule has 72 heavy (non-hydrogen) atoms. The highest BCUT2D eigenvalue weighted by molar-refractivity contribution is 7.86. The molecule has 0 saturated heterocycles. The number of hydrogen-bond acceptors (Lipinski definition) is 14. The van der Waals surface area contributed by atoms with Gasteiger partial charge in [-0.25, -0.2) is 0 Å². The summed E-state index contributed by atoms with van der Waals surface area (Å²) in [7, 11) is -1.74. The van der Waals surface area contributed by atoms with Crippen LogP contribution in [0, 0.1) is 13.8 Å². The average Bonchev–Trinajstić information content (AvgIpc) is 3.33. The molecule has 0 saturated carbocycles. The molecule has 7 aromatic carbocycles. The third kappa shape index (κ3) is 13.5. The van der Waals surface area contributed by atoms with E-state index in [0.29, 0.717) is 69.6 Å². The highest BCUT2D eigenvalue weighted by atomic mass is 32.2. The predicted molar refractivity (Wildman–Crippen MR) is 280 cm³/mol. The molecule has 7 aromatic rings. The van der Waals surface area contributed by atoms with E-state index in [1.54, 1.807) is 61.7 Å². The molecule has 0 bridgehead atoms. The minimum Gasteiger partial charge on any atom is -0.508 e. The Morgan fingerprint density at radius 2 is 1.00 bits per heavy atom. The summed E-state index contributed by atoms with van der Waals surface area (Å²) >= 11 is 0. The number of allylic oxidation sites excluding steroid dienone is 1. The summed E-state index contributed by atoms with van der Waals surface area (Å²) in [5, 5.41) is 20.8.